The first-order valence-corrected chi connectivity index (χ1v) is 7.94. The monoisotopic (exact) mass is 324 g/mol. The van der Waals surface area contributed by atoms with Crippen molar-refractivity contribution in [2.24, 2.45) is 0 Å². The predicted octanol–water partition coefficient (Wildman–Crippen LogP) is 3.66. The summed E-state index contributed by atoms with van der Waals surface area (Å²) >= 11 is 0. The van der Waals surface area contributed by atoms with Gasteiger partial charge >= 0.3 is 0 Å². The highest BCUT2D eigenvalue weighted by Crippen LogP contribution is 2.28. The highest BCUT2D eigenvalue weighted by molar-refractivity contribution is 5.82. The van der Waals surface area contributed by atoms with Gasteiger partial charge < -0.3 is 14.2 Å². The Bertz CT molecular complexity index is 815. The fourth-order valence-electron chi connectivity index (χ4n) is 2.50. The van der Waals surface area contributed by atoms with Gasteiger partial charge in [0.2, 0.25) is 5.88 Å². The summed E-state index contributed by atoms with van der Waals surface area (Å²) in [5.41, 5.74) is 2.00. The summed E-state index contributed by atoms with van der Waals surface area (Å²) in [5.74, 6) is 2.10. The average Bonchev–Trinajstić information content (AvgIpc) is 2.63. The molecule has 124 valence electrons. The maximum Gasteiger partial charge on any atom is 0.224 e. The molecule has 2 aromatic carbocycles. The summed E-state index contributed by atoms with van der Waals surface area (Å²) in [5, 5.41) is 0.921. The molecule has 0 aliphatic heterocycles. The van der Waals surface area contributed by atoms with Crippen molar-refractivity contribution < 1.29 is 14.2 Å². The number of hydrogen-bond donors (Lipinski definition) is 0. The van der Waals surface area contributed by atoms with Gasteiger partial charge in [-0.05, 0) is 36.8 Å². The molecule has 0 bridgehead atoms. The Labute approximate surface area is 141 Å². The van der Waals surface area contributed by atoms with Gasteiger partial charge in [0.25, 0.3) is 0 Å². The van der Waals surface area contributed by atoms with Gasteiger partial charge in [-0.3, -0.25) is 0 Å². The van der Waals surface area contributed by atoms with E-state index >= 15 is 0 Å². The molecule has 0 amide bonds. The third-order valence-electron chi connectivity index (χ3n) is 3.66. The molecule has 5 heteroatoms. The van der Waals surface area contributed by atoms with Crippen molar-refractivity contribution in [3.63, 3.8) is 0 Å². The molecule has 3 aromatic rings. The van der Waals surface area contributed by atoms with Crippen molar-refractivity contribution in [1.29, 1.82) is 0 Å². The molecule has 0 N–H and O–H groups in total. The molecule has 3 rings (SSSR count). The standard InChI is InChI=1S/C19H20N2O3/c1-3-23-17-9-8-14(12-18(17)22-2)10-11-24-19-15-6-4-5-7-16(15)20-13-21-19/h4-9,12-13H,3,10-11H2,1-2H3. The van der Waals surface area contributed by atoms with Crippen LogP contribution in [0.1, 0.15) is 12.5 Å². The molecule has 0 radical (unpaired) electrons. The fraction of sp³-hybridized carbons (Fsp3) is 0.263. The zero-order valence-electron chi connectivity index (χ0n) is 13.9. The molecule has 0 saturated carbocycles. The molecule has 5 nitrogen and oxygen atoms in total. The van der Waals surface area contributed by atoms with Crippen LogP contribution in [0.25, 0.3) is 10.9 Å². The largest absolute Gasteiger partial charge is 0.493 e. The van der Waals surface area contributed by atoms with Crippen LogP contribution >= 0.6 is 0 Å². The average molecular weight is 324 g/mol. The molecule has 0 fully saturated rings. The van der Waals surface area contributed by atoms with Gasteiger partial charge in [0.15, 0.2) is 11.5 Å². The minimum Gasteiger partial charge on any atom is -0.493 e. The van der Waals surface area contributed by atoms with Crippen LogP contribution in [0.4, 0.5) is 0 Å². The molecule has 0 saturated heterocycles. The first-order chi connectivity index (χ1) is 11.8. The third-order valence-corrected chi connectivity index (χ3v) is 3.66. The molecule has 0 aliphatic rings. The lowest BCUT2D eigenvalue weighted by Gasteiger charge is -2.11. The Morgan fingerprint density at radius 1 is 0.958 bits per heavy atom. The summed E-state index contributed by atoms with van der Waals surface area (Å²) in [6, 6.07) is 13.7. The van der Waals surface area contributed by atoms with Crippen molar-refractivity contribution in [2.75, 3.05) is 20.3 Å². The number of hydrogen-bond acceptors (Lipinski definition) is 5. The summed E-state index contributed by atoms with van der Waals surface area (Å²) in [6.07, 6.45) is 2.28. The Balaban J connectivity index is 1.67. The molecule has 0 spiro atoms. The molecule has 0 unspecified atom stereocenters. The van der Waals surface area contributed by atoms with Gasteiger partial charge in [-0.2, -0.15) is 0 Å². The lowest BCUT2D eigenvalue weighted by molar-refractivity contribution is 0.306. The van der Waals surface area contributed by atoms with Crippen molar-refractivity contribution in [1.82, 2.24) is 9.97 Å². The van der Waals surface area contributed by atoms with Crippen LogP contribution in [0.15, 0.2) is 48.8 Å². The summed E-state index contributed by atoms with van der Waals surface area (Å²) < 4.78 is 16.8. The number of fused-ring (bicyclic) bond motifs is 1. The predicted molar refractivity (Wildman–Crippen MR) is 92.9 cm³/mol. The number of ether oxygens (including phenoxy) is 3. The lowest BCUT2D eigenvalue weighted by Crippen LogP contribution is -2.04. The van der Waals surface area contributed by atoms with Crippen LogP contribution in [-0.4, -0.2) is 30.3 Å². The highest BCUT2D eigenvalue weighted by Gasteiger charge is 2.07. The zero-order chi connectivity index (χ0) is 16.8. The number of rotatable bonds is 7. The topological polar surface area (TPSA) is 53.5 Å². The van der Waals surface area contributed by atoms with Gasteiger partial charge in [0, 0.05) is 6.42 Å². The van der Waals surface area contributed by atoms with Crippen molar-refractivity contribution in [3.8, 4) is 17.4 Å². The second-order valence-electron chi connectivity index (χ2n) is 5.21. The van der Waals surface area contributed by atoms with Gasteiger partial charge in [0.05, 0.1) is 31.2 Å². The summed E-state index contributed by atoms with van der Waals surface area (Å²) in [4.78, 5) is 8.47. The van der Waals surface area contributed by atoms with E-state index in [1.165, 1.54) is 6.33 Å². The molecule has 1 aromatic heterocycles. The van der Waals surface area contributed by atoms with Crippen LogP contribution in [-0.2, 0) is 6.42 Å². The van der Waals surface area contributed by atoms with Crippen LogP contribution in [0.3, 0.4) is 0 Å². The van der Waals surface area contributed by atoms with E-state index in [-0.39, 0.29) is 0 Å². The Kier molecular flexibility index (Phi) is 5.11. The minimum absolute atomic E-state index is 0.526. The van der Waals surface area contributed by atoms with E-state index in [1.54, 1.807) is 7.11 Å². The van der Waals surface area contributed by atoms with Gasteiger partial charge in [-0.1, -0.05) is 18.2 Å². The van der Waals surface area contributed by atoms with Crippen LogP contribution in [0.5, 0.6) is 17.4 Å². The quantitative estimate of drug-likeness (QED) is 0.664. The molecule has 0 aliphatic carbocycles. The van der Waals surface area contributed by atoms with Crippen molar-refractivity contribution in [3.05, 3.63) is 54.4 Å². The maximum absolute atomic E-state index is 5.85. The van der Waals surface area contributed by atoms with Crippen molar-refractivity contribution >= 4 is 10.9 Å². The number of aromatic nitrogens is 2. The normalized spacial score (nSPS) is 10.6. The second-order valence-corrected chi connectivity index (χ2v) is 5.21. The first-order valence-electron chi connectivity index (χ1n) is 7.94. The summed E-state index contributed by atoms with van der Waals surface area (Å²) in [6.45, 7) is 3.09. The molecule has 0 atom stereocenters. The van der Waals surface area contributed by atoms with Crippen LogP contribution in [0.2, 0.25) is 0 Å². The Morgan fingerprint density at radius 3 is 2.67 bits per heavy atom. The van der Waals surface area contributed by atoms with E-state index in [4.69, 9.17) is 14.2 Å². The van der Waals surface area contributed by atoms with E-state index in [2.05, 4.69) is 9.97 Å². The summed E-state index contributed by atoms with van der Waals surface area (Å²) in [7, 11) is 1.64. The smallest absolute Gasteiger partial charge is 0.224 e. The number of para-hydroxylation sites is 1. The Morgan fingerprint density at radius 2 is 1.83 bits per heavy atom. The number of nitrogens with zero attached hydrogens (tertiary/aromatic N) is 2. The SMILES string of the molecule is CCOc1ccc(CCOc2ncnc3ccccc23)cc1OC. The number of methoxy groups -OCH3 is 1. The maximum atomic E-state index is 5.85. The third kappa shape index (κ3) is 3.56. The van der Waals surface area contributed by atoms with Gasteiger partial charge in [0.1, 0.15) is 6.33 Å². The molecular formula is C19H20N2O3. The Hall–Kier alpha value is -2.82. The fourth-order valence-corrected chi connectivity index (χ4v) is 2.50. The zero-order valence-corrected chi connectivity index (χ0v) is 13.9. The van der Waals surface area contributed by atoms with E-state index in [9.17, 15) is 0 Å². The van der Waals surface area contributed by atoms with E-state index in [1.807, 2.05) is 49.4 Å². The van der Waals surface area contributed by atoms with Crippen molar-refractivity contribution in [2.45, 2.75) is 13.3 Å². The van der Waals surface area contributed by atoms with E-state index in [0.717, 1.165) is 34.4 Å². The van der Waals surface area contributed by atoms with E-state index < -0.39 is 0 Å². The van der Waals surface area contributed by atoms with Crippen LogP contribution < -0.4 is 14.2 Å². The van der Waals surface area contributed by atoms with Gasteiger partial charge in [-0.15, -0.1) is 0 Å². The molecular weight excluding hydrogens is 304 g/mol. The van der Waals surface area contributed by atoms with E-state index in [0.29, 0.717) is 19.1 Å². The number of benzene rings is 2. The van der Waals surface area contributed by atoms with Gasteiger partial charge in [-0.25, -0.2) is 9.97 Å². The minimum atomic E-state index is 0.526. The second kappa shape index (κ2) is 7.64. The molecule has 24 heavy (non-hydrogen) atoms. The first kappa shape index (κ1) is 16.1. The highest BCUT2D eigenvalue weighted by atomic mass is 16.5. The van der Waals surface area contributed by atoms with Crippen LogP contribution in [0, 0.1) is 0 Å². The lowest BCUT2D eigenvalue weighted by atomic mass is 10.1. The molecule has 1 heterocycles.